The maximum atomic E-state index is 12.2. The van der Waals surface area contributed by atoms with Gasteiger partial charge in [0.15, 0.2) is 40.6 Å². The Labute approximate surface area is 472 Å². The van der Waals surface area contributed by atoms with E-state index >= 15 is 0 Å². The molecule has 0 spiro atoms. The fraction of sp³-hybridized carbons (Fsp3) is 0.308. The van der Waals surface area contributed by atoms with Crippen LogP contribution < -0.4 is 43.4 Å². The van der Waals surface area contributed by atoms with Crippen molar-refractivity contribution >= 4 is 92.9 Å². The van der Waals surface area contributed by atoms with E-state index in [1.165, 1.54) is 32.3 Å². The van der Waals surface area contributed by atoms with Gasteiger partial charge >= 0.3 is 11.9 Å². The summed E-state index contributed by atoms with van der Waals surface area (Å²) in [4.78, 5) is 105. The quantitative estimate of drug-likeness (QED) is 0.0672. The zero-order chi connectivity index (χ0) is 62.0. The van der Waals surface area contributed by atoms with Crippen molar-refractivity contribution in [2.75, 3.05) is 71.6 Å². The van der Waals surface area contributed by atoms with Gasteiger partial charge in [-0.2, -0.15) is 0 Å². The maximum Gasteiger partial charge on any atom is 0.372 e. The van der Waals surface area contributed by atoms with E-state index in [9.17, 15) is 38.4 Å². The second-order valence-corrected chi connectivity index (χ2v) is 18.0. The first kappa shape index (κ1) is 65.6. The molecule has 8 rings (SSSR count). The molecular weight excluding hydrogens is 1060 g/mol. The number of ketones is 4. The molecule has 8 aromatic rings. The number of carbonyl (C=O) groups is 8. The molecule has 0 aromatic carbocycles. The van der Waals surface area contributed by atoms with Gasteiger partial charge in [0.2, 0.25) is 11.6 Å². The highest BCUT2D eigenvalue weighted by Gasteiger charge is 2.18. The number of nitrogen functional groups attached to an aromatic ring is 2. The predicted molar refractivity (Wildman–Crippen MR) is 311 cm³/mol. The molecule has 30 heteroatoms. The number of hydrogen-bond donors (Lipinski definition) is 10. The number of anilines is 8. The molecule has 0 atom stereocenters. The minimum atomic E-state index is -1.02. The molecule has 8 aromatic heterocycles. The van der Waals surface area contributed by atoms with E-state index in [4.69, 9.17) is 21.7 Å². The van der Waals surface area contributed by atoms with Crippen LogP contribution in [0.5, 0.6) is 0 Å². The molecule has 0 fully saturated rings. The van der Waals surface area contributed by atoms with Crippen LogP contribution >= 0.6 is 0 Å². The fourth-order valence-electron chi connectivity index (χ4n) is 7.38. The van der Waals surface area contributed by atoms with Crippen molar-refractivity contribution in [1.29, 1.82) is 0 Å². The number of carbonyl (C=O) groups excluding carboxylic acids is 6. The monoisotopic (exact) mass is 1140 g/mol. The van der Waals surface area contributed by atoms with Crippen LogP contribution in [0.1, 0.15) is 112 Å². The van der Waals surface area contributed by atoms with Crippen molar-refractivity contribution < 1.29 is 48.6 Å². The van der Waals surface area contributed by atoms with Gasteiger partial charge in [0.25, 0.3) is 11.8 Å². The first-order valence-electron chi connectivity index (χ1n) is 24.5. The largest absolute Gasteiger partial charge is 0.477 e. The molecule has 0 aliphatic heterocycles. The summed E-state index contributed by atoms with van der Waals surface area (Å²) < 4.78 is 13.0. The third kappa shape index (κ3) is 18.2. The van der Waals surface area contributed by atoms with Gasteiger partial charge in [-0.15, -0.1) is 0 Å². The van der Waals surface area contributed by atoms with Crippen molar-refractivity contribution in [3.8, 4) is 0 Å². The minimum absolute atomic E-state index is 0.0364. The average Bonchev–Trinajstić information content (AvgIpc) is 4.43. The summed E-state index contributed by atoms with van der Waals surface area (Å²) in [6, 6.07) is 6.69. The van der Waals surface area contributed by atoms with Crippen LogP contribution in [0.25, 0.3) is 0 Å². The van der Waals surface area contributed by atoms with Gasteiger partial charge in [0.05, 0.1) is 34.1 Å². The standard InChI is InChI=1S/C14H18N4O2.C12H16N6O2.C7H10N2O2.C7H10N2O.C6H9N3O2.C6H9N3O/c1-9(19)12-6-11(8-17(12)3)16-14(20)13-5-10(15-2)7-18(13)4;1-7(19)10-15-9(6-17(10)3)16-12(20)11-14-8(13-2)5-18(11)4;1-8-5-3-6(7(10)11)9(2)4-5;1-5(10)7-3-6(8)4-9(7)2;1-7-4-3-9(2)5(8-4)6(10)11;1-4(10)6-8-5(7)3-9(6)2/h5-8,15H,1-4H3,(H,16,20);5-6,13H,1-4H3,(H,16,20);3-4,8H,1-2H3,(H,10,11);3-4H,8H2,1-2H3;3,7H,1-2H3,(H,10,11);3H,7H2,1-2H3. The number of carboxylic acids is 2. The van der Waals surface area contributed by atoms with E-state index in [1.807, 2.05) is 13.2 Å². The molecule has 0 aliphatic carbocycles. The minimum Gasteiger partial charge on any atom is -0.477 e. The topological polar surface area (TPSA) is 392 Å². The lowest BCUT2D eigenvalue weighted by atomic mass is 10.3. The highest BCUT2D eigenvalue weighted by Crippen LogP contribution is 2.18. The highest BCUT2D eigenvalue weighted by atomic mass is 16.4. The molecule has 440 valence electrons. The lowest BCUT2D eigenvalue weighted by Crippen LogP contribution is -2.17. The number of hydrogen-bond acceptors (Lipinski definition) is 18. The highest BCUT2D eigenvalue weighted by molar-refractivity contribution is 6.05. The Morgan fingerprint density at radius 3 is 1.11 bits per heavy atom. The predicted octanol–water partition coefficient (Wildman–Crippen LogP) is 4.45. The second-order valence-electron chi connectivity index (χ2n) is 18.0. The number of aromatic carboxylic acids is 2. The van der Waals surface area contributed by atoms with Crippen LogP contribution in [0.3, 0.4) is 0 Å². The molecule has 2 amide bonds. The summed E-state index contributed by atoms with van der Waals surface area (Å²) in [5.41, 5.74) is 15.7. The normalized spacial score (nSPS) is 10.0. The van der Waals surface area contributed by atoms with Crippen LogP contribution in [0.15, 0.2) is 73.8 Å². The average molecular weight is 1140 g/mol. The summed E-state index contributed by atoms with van der Waals surface area (Å²) >= 11 is 0. The third-order valence-corrected chi connectivity index (χ3v) is 11.4. The number of nitrogens with two attached hydrogens (primary N) is 2. The molecule has 82 heavy (non-hydrogen) atoms. The second kappa shape index (κ2) is 29.3. The number of aryl methyl sites for hydroxylation is 8. The Morgan fingerprint density at radius 2 is 0.768 bits per heavy atom. The van der Waals surface area contributed by atoms with Gasteiger partial charge in [-0.25, -0.2) is 29.5 Å². The zero-order valence-electron chi connectivity index (χ0n) is 48.6. The molecule has 8 heterocycles. The zero-order valence-corrected chi connectivity index (χ0v) is 48.6. The lowest BCUT2D eigenvalue weighted by Gasteiger charge is -2.03. The van der Waals surface area contributed by atoms with Gasteiger partial charge in [0.1, 0.15) is 28.8 Å². The molecule has 0 radical (unpaired) electrons. The molecule has 0 unspecified atom stereocenters. The molecular formula is C52H72N20O10. The first-order chi connectivity index (χ1) is 38.3. The third-order valence-electron chi connectivity index (χ3n) is 11.4. The lowest BCUT2D eigenvalue weighted by molar-refractivity contribution is 0.0672. The number of aromatic nitrogens is 12. The number of Topliss-reactive ketones (excluding diaryl/α,β-unsaturated/α-hetero) is 4. The molecule has 0 saturated carbocycles. The van der Waals surface area contributed by atoms with Gasteiger partial charge in [0, 0.05) is 162 Å². The van der Waals surface area contributed by atoms with Gasteiger partial charge < -0.3 is 90.1 Å². The van der Waals surface area contributed by atoms with Crippen molar-refractivity contribution in [2.45, 2.75) is 27.7 Å². The number of amides is 2. The van der Waals surface area contributed by atoms with Crippen LogP contribution in [-0.2, 0) is 56.4 Å². The van der Waals surface area contributed by atoms with E-state index in [0.717, 1.165) is 11.4 Å². The smallest absolute Gasteiger partial charge is 0.372 e. The number of carboxylic acid groups (broad SMARTS) is 2. The summed E-state index contributed by atoms with van der Waals surface area (Å²) in [5, 5.41) is 34.1. The molecule has 12 N–H and O–H groups in total. The Hall–Kier alpha value is -10.7. The summed E-state index contributed by atoms with van der Waals surface area (Å²) in [6.45, 7) is 5.90. The van der Waals surface area contributed by atoms with E-state index < -0.39 is 11.9 Å². The maximum absolute atomic E-state index is 12.2. The Balaban J connectivity index is 0.000000266. The van der Waals surface area contributed by atoms with E-state index in [0.29, 0.717) is 57.6 Å². The molecule has 0 aliphatic rings. The first-order valence-corrected chi connectivity index (χ1v) is 24.5. The van der Waals surface area contributed by atoms with Gasteiger partial charge in [-0.3, -0.25) is 28.8 Å². The SMILES string of the molecule is CC(=O)c1cc(N)cn1C.CC(=O)c1nc(N)cn1C.CNc1cc(C(=O)Nc2cc(C(C)=O)n(C)c2)n(C)c1.CNc1cc(C(=O)O)n(C)c1.CNc1cn(C)c(C(=O)Nc2cn(C)c(C(C)=O)n2)n1.CNc1cn(C)c(C(=O)O)n1. The van der Waals surface area contributed by atoms with Crippen molar-refractivity contribution in [3.63, 3.8) is 0 Å². The summed E-state index contributed by atoms with van der Waals surface area (Å²) in [7, 11) is 20.8. The molecule has 30 nitrogen and oxygen atoms in total. The van der Waals surface area contributed by atoms with E-state index in [1.54, 1.807) is 177 Å². The van der Waals surface area contributed by atoms with E-state index in [2.05, 4.69) is 51.8 Å². The number of nitrogens with zero attached hydrogens (tertiary/aromatic N) is 12. The molecule has 0 bridgehead atoms. The van der Waals surface area contributed by atoms with Crippen LogP contribution in [0, 0.1) is 0 Å². The molecule has 0 saturated heterocycles. The number of imidazole rings is 4. The van der Waals surface area contributed by atoms with Gasteiger partial charge in [-0.1, -0.05) is 0 Å². The summed E-state index contributed by atoms with van der Waals surface area (Å²) in [6.07, 6.45) is 13.5. The number of nitrogens with one attached hydrogen (secondary N) is 6. The van der Waals surface area contributed by atoms with E-state index in [-0.39, 0.29) is 58.1 Å². The van der Waals surface area contributed by atoms with Crippen molar-refractivity contribution in [1.82, 2.24) is 56.5 Å². The fourth-order valence-corrected chi connectivity index (χ4v) is 7.38. The number of rotatable bonds is 14. The van der Waals surface area contributed by atoms with Crippen LogP contribution in [-0.4, -0.2) is 142 Å². The summed E-state index contributed by atoms with van der Waals surface area (Å²) in [5.74, 6) is 0.0785. The Bertz CT molecular complexity index is 3340. The van der Waals surface area contributed by atoms with Crippen molar-refractivity contribution in [3.05, 3.63) is 120 Å². The van der Waals surface area contributed by atoms with Gasteiger partial charge in [-0.05, 0) is 24.3 Å². The van der Waals surface area contributed by atoms with Crippen LogP contribution in [0.2, 0.25) is 0 Å². The Kier molecular flexibility index (Phi) is 23.5. The van der Waals surface area contributed by atoms with Crippen LogP contribution in [0.4, 0.5) is 46.0 Å². The van der Waals surface area contributed by atoms with Crippen molar-refractivity contribution in [2.24, 2.45) is 56.4 Å². The Morgan fingerprint density at radius 1 is 0.378 bits per heavy atom.